The van der Waals surface area contributed by atoms with E-state index in [1.807, 2.05) is 0 Å². The van der Waals surface area contributed by atoms with Crippen LogP contribution in [-0.2, 0) is 0 Å². The second-order valence-electron chi connectivity index (χ2n) is 4.30. The smallest absolute Gasteiger partial charge is 0.231 e. The van der Waals surface area contributed by atoms with Crippen molar-refractivity contribution in [1.82, 2.24) is 4.98 Å². The summed E-state index contributed by atoms with van der Waals surface area (Å²) in [5.41, 5.74) is 1.22. The third kappa shape index (κ3) is 2.26. The molecule has 1 aromatic heterocycles. The number of methoxy groups -OCH3 is 1. The highest BCUT2D eigenvalue weighted by Gasteiger charge is 2.21. The van der Waals surface area contributed by atoms with Crippen LogP contribution in [0, 0.1) is 0 Å². The van der Waals surface area contributed by atoms with E-state index in [9.17, 15) is 5.11 Å². The molecule has 0 bridgehead atoms. The van der Waals surface area contributed by atoms with Crippen molar-refractivity contribution in [2.45, 2.75) is 6.10 Å². The standard InChI is InChI=1S/C14H12ClNO4/c1-18-10-2-9(5-16-6-10)13(17)8-3-11(15)14-12(4-8)19-7-20-14/h2-6,13,17H,7H2,1H3. The van der Waals surface area contributed by atoms with Gasteiger partial charge >= 0.3 is 0 Å². The summed E-state index contributed by atoms with van der Waals surface area (Å²) in [4.78, 5) is 4.02. The highest BCUT2D eigenvalue weighted by molar-refractivity contribution is 6.32. The monoisotopic (exact) mass is 293 g/mol. The lowest BCUT2D eigenvalue weighted by Gasteiger charge is -2.13. The number of aliphatic hydroxyl groups excluding tert-OH is 1. The minimum absolute atomic E-state index is 0.134. The summed E-state index contributed by atoms with van der Waals surface area (Å²) < 4.78 is 15.6. The molecule has 5 nitrogen and oxygen atoms in total. The summed E-state index contributed by atoms with van der Waals surface area (Å²) in [6.45, 7) is 0.134. The number of hydrogen-bond donors (Lipinski definition) is 1. The molecule has 0 aliphatic carbocycles. The quantitative estimate of drug-likeness (QED) is 0.942. The predicted octanol–water partition coefficient (Wildman–Crippen LogP) is 2.55. The minimum Gasteiger partial charge on any atom is -0.495 e. The summed E-state index contributed by atoms with van der Waals surface area (Å²) in [5.74, 6) is 1.61. The zero-order valence-electron chi connectivity index (χ0n) is 10.7. The number of halogens is 1. The molecule has 1 unspecified atom stereocenters. The van der Waals surface area contributed by atoms with Gasteiger partial charge in [0.1, 0.15) is 11.9 Å². The van der Waals surface area contributed by atoms with Crippen LogP contribution in [0.1, 0.15) is 17.2 Å². The van der Waals surface area contributed by atoms with E-state index in [1.54, 1.807) is 37.7 Å². The Kier molecular flexibility index (Phi) is 3.38. The molecular formula is C14H12ClNO4. The zero-order valence-corrected chi connectivity index (χ0v) is 11.4. The molecule has 0 spiro atoms. The first kappa shape index (κ1) is 13.0. The first-order valence-electron chi connectivity index (χ1n) is 5.95. The van der Waals surface area contributed by atoms with E-state index >= 15 is 0 Å². The molecule has 2 heterocycles. The average Bonchev–Trinajstić information content (AvgIpc) is 2.95. The number of aliphatic hydroxyl groups is 1. The highest BCUT2D eigenvalue weighted by atomic mass is 35.5. The summed E-state index contributed by atoms with van der Waals surface area (Å²) in [6.07, 6.45) is 2.28. The van der Waals surface area contributed by atoms with E-state index in [4.69, 9.17) is 25.8 Å². The third-order valence-corrected chi connectivity index (χ3v) is 3.33. The van der Waals surface area contributed by atoms with Gasteiger partial charge < -0.3 is 19.3 Å². The van der Waals surface area contributed by atoms with Gasteiger partial charge in [-0.05, 0) is 23.8 Å². The van der Waals surface area contributed by atoms with E-state index in [2.05, 4.69) is 4.98 Å². The fourth-order valence-corrected chi connectivity index (χ4v) is 2.31. The van der Waals surface area contributed by atoms with E-state index in [1.165, 1.54) is 0 Å². The van der Waals surface area contributed by atoms with E-state index in [0.717, 1.165) is 0 Å². The molecule has 0 amide bonds. The fraction of sp³-hybridized carbons (Fsp3) is 0.214. The van der Waals surface area contributed by atoms with Crippen LogP contribution in [0.5, 0.6) is 17.2 Å². The molecule has 0 fully saturated rings. The number of pyridine rings is 1. The number of rotatable bonds is 3. The van der Waals surface area contributed by atoms with Crippen molar-refractivity contribution < 1.29 is 19.3 Å². The van der Waals surface area contributed by atoms with Crippen molar-refractivity contribution in [1.29, 1.82) is 0 Å². The normalized spacial score (nSPS) is 14.2. The van der Waals surface area contributed by atoms with E-state index in [0.29, 0.717) is 33.4 Å². The lowest BCUT2D eigenvalue weighted by atomic mass is 10.0. The van der Waals surface area contributed by atoms with Crippen LogP contribution in [0.25, 0.3) is 0 Å². The number of aromatic nitrogens is 1. The summed E-state index contributed by atoms with van der Waals surface area (Å²) in [6, 6.07) is 5.08. The number of fused-ring (bicyclic) bond motifs is 1. The summed E-state index contributed by atoms with van der Waals surface area (Å²) in [7, 11) is 1.55. The Morgan fingerprint density at radius 1 is 1.25 bits per heavy atom. The van der Waals surface area contributed by atoms with Gasteiger partial charge in [0.25, 0.3) is 0 Å². The fourth-order valence-electron chi connectivity index (χ4n) is 2.03. The molecule has 104 valence electrons. The molecule has 3 rings (SSSR count). The minimum atomic E-state index is -0.871. The van der Waals surface area contributed by atoms with Crippen LogP contribution in [0.2, 0.25) is 5.02 Å². The lowest BCUT2D eigenvalue weighted by molar-refractivity contribution is 0.173. The Balaban J connectivity index is 1.98. The van der Waals surface area contributed by atoms with Crippen LogP contribution < -0.4 is 14.2 Å². The largest absolute Gasteiger partial charge is 0.495 e. The summed E-state index contributed by atoms with van der Waals surface area (Å²) >= 11 is 6.11. The van der Waals surface area contributed by atoms with Crippen molar-refractivity contribution in [3.05, 3.63) is 46.7 Å². The predicted molar refractivity (Wildman–Crippen MR) is 72.4 cm³/mol. The van der Waals surface area contributed by atoms with Crippen LogP contribution in [0.3, 0.4) is 0 Å². The van der Waals surface area contributed by atoms with Crippen LogP contribution >= 0.6 is 11.6 Å². The first-order chi connectivity index (χ1) is 9.69. The van der Waals surface area contributed by atoms with Gasteiger partial charge in [0.15, 0.2) is 11.5 Å². The van der Waals surface area contributed by atoms with Crippen molar-refractivity contribution in [3.8, 4) is 17.2 Å². The molecule has 6 heteroatoms. The molecule has 1 atom stereocenters. The topological polar surface area (TPSA) is 60.8 Å². The Labute approximate surface area is 120 Å². The van der Waals surface area contributed by atoms with E-state index in [-0.39, 0.29) is 6.79 Å². The van der Waals surface area contributed by atoms with E-state index < -0.39 is 6.10 Å². The second-order valence-corrected chi connectivity index (χ2v) is 4.70. The van der Waals surface area contributed by atoms with Crippen molar-refractivity contribution in [2.75, 3.05) is 13.9 Å². The Bertz CT molecular complexity index is 647. The zero-order chi connectivity index (χ0) is 14.1. The van der Waals surface area contributed by atoms with Crippen LogP contribution in [0.15, 0.2) is 30.6 Å². The molecule has 0 saturated heterocycles. The van der Waals surface area contributed by atoms with Gasteiger partial charge in [0, 0.05) is 11.8 Å². The average molecular weight is 294 g/mol. The number of benzene rings is 1. The Morgan fingerprint density at radius 3 is 2.90 bits per heavy atom. The summed E-state index contributed by atoms with van der Waals surface area (Å²) in [5, 5.41) is 10.8. The Morgan fingerprint density at radius 2 is 2.10 bits per heavy atom. The maximum absolute atomic E-state index is 10.4. The molecular weight excluding hydrogens is 282 g/mol. The van der Waals surface area contributed by atoms with Gasteiger partial charge in [-0.2, -0.15) is 0 Å². The number of nitrogens with zero attached hydrogens (tertiary/aromatic N) is 1. The highest BCUT2D eigenvalue weighted by Crippen LogP contribution is 2.41. The van der Waals surface area contributed by atoms with Crippen LogP contribution in [-0.4, -0.2) is 24.0 Å². The van der Waals surface area contributed by atoms with Crippen molar-refractivity contribution >= 4 is 11.6 Å². The van der Waals surface area contributed by atoms with Crippen molar-refractivity contribution in [2.24, 2.45) is 0 Å². The van der Waals surface area contributed by atoms with Gasteiger partial charge in [-0.3, -0.25) is 4.98 Å². The second kappa shape index (κ2) is 5.19. The molecule has 1 aromatic carbocycles. The SMILES string of the molecule is COc1cncc(C(O)c2cc(Cl)c3c(c2)OCO3)c1. The number of ether oxygens (including phenoxy) is 3. The molecule has 1 N–H and O–H groups in total. The molecule has 0 radical (unpaired) electrons. The van der Waals surface area contributed by atoms with Crippen LogP contribution in [0.4, 0.5) is 0 Å². The molecule has 2 aromatic rings. The molecule has 1 aliphatic heterocycles. The Hall–Kier alpha value is -1.98. The maximum atomic E-state index is 10.4. The van der Waals surface area contributed by atoms with Crippen molar-refractivity contribution in [3.63, 3.8) is 0 Å². The third-order valence-electron chi connectivity index (χ3n) is 3.05. The maximum Gasteiger partial charge on any atom is 0.231 e. The van der Waals surface area contributed by atoms with Gasteiger partial charge in [-0.25, -0.2) is 0 Å². The van der Waals surface area contributed by atoms with Gasteiger partial charge in [-0.1, -0.05) is 11.6 Å². The number of hydrogen-bond acceptors (Lipinski definition) is 5. The van der Waals surface area contributed by atoms with Gasteiger partial charge in [0.05, 0.1) is 18.3 Å². The molecule has 0 saturated carbocycles. The van der Waals surface area contributed by atoms with Gasteiger partial charge in [-0.15, -0.1) is 0 Å². The van der Waals surface area contributed by atoms with Gasteiger partial charge in [0.2, 0.25) is 6.79 Å². The molecule has 1 aliphatic rings. The molecule has 20 heavy (non-hydrogen) atoms. The lowest BCUT2D eigenvalue weighted by Crippen LogP contribution is -2.01. The first-order valence-corrected chi connectivity index (χ1v) is 6.33.